The highest BCUT2D eigenvalue weighted by molar-refractivity contribution is 9.10. The van der Waals surface area contributed by atoms with Crippen LogP contribution in [-0.2, 0) is 11.2 Å². The minimum atomic E-state index is -0.140. The maximum Gasteiger partial charge on any atom is 0.126 e. The molecule has 0 amide bonds. The van der Waals surface area contributed by atoms with E-state index in [-0.39, 0.29) is 5.82 Å². The first-order valence-electron chi connectivity index (χ1n) is 6.21. The van der Waals surface area contributed by atoms with Crippen LogP contribution in [0.25, 0.3) is 0 Å². The Morgan fingerprint density at radius 2 is 2.39 bits per heavy atom. The lowest BCUT2D eigenvalue weighted by atomic mass is 10.1. The summed E-state index contributed by atoms with van der Waals surface area (Å²) in [5.74, 6) is -0.140. The van der Waals surface area contributed by atoms with E-state index in [0.717, 1.165) is 42.9 Å². The normalized spacial score (nSPS) is 20.0. The van der Waals surface area contributed by atoms with Crippen LogP contribution >= 0.6 is 15.9 Å². The number of hydrogen-bond donors (Lipinski definition) is 2. The van der Waals surface area contributed by atoms with E-state index in [1.165, 1.54) is 6.07 Å². The van der Waals surface area contributed by atoms with Crippen molar-refractivity contribution < 1.29 is 9.13 Å². The predicted octanol–water partition coefficient (Wildman–Crippen LogP) is 1.71. The molecule has 0 saturated carbocycles. The quantitative estimate of drug-likeness (QED) is 0.811. The van der Waals surface area contributed by atoms with E-state index in [2.05, 4.69) is 26.6 Å². The van der Waals surface area contributed by atoms with Gasteiger partial charge in [-0.05, 0) is 36.7 Å². The number of halogens is 2. The van der Waals surface area contributed by atoms with Crippen molar-refractivity contribution >= 4 is 15.9 Å². The zero-order chi connectivity index (χ0) is 12.8. The molecule has 18 heavy (non-hydrogen) atoms. The van der Waals surface area contributed by atoms with Gasteiger partial charge in [0.15, 0.2) is 0 Å². The lowest BCUT2D eigenvalue weighted by Crippen LogP contribution is -2.47. The van der Waals surface area contributed by atoms with Crippen LogP contribution in [0.5, 0.6) is 0 Å². The molecule has 1 heterocycles. The molecule has 5 heteroatoms. The molecular formula is C13H18BrFN2O. The Labute approximate surface area is 115 Å². The predicted molar refractivity (Wildman–Crippen MR) is 73.3 cm³/mol. The second kappa shape index (κ2) is 7.19. The van der Waals surface area contributed by atoms with Crippen molar-refractivity contribution in [1.29, 1.82) is 0 Å². The van der Waals surface area contributed by atoms with Gasteiger partial charge in [-0.3, -0.25) is 0 Å². The van der Waals surface area contributed by atoms with E-state index in [4.69, 9.17) is 4.74 Å². The van der Waals surface area contributed by atoms with Gasteiger partial charge in [0, 0.05) is 23.6 Å². The SMILES string of the molecule is Fc1ccc(Br)cc1CCNCC1COCCN1. The number of benzene rings is 1. The minimum Gasteiger partial charge on any atom is -0.378 e. The van der Waals surface area contributed by atoms with Crippen molar-refractivity contribution in [3.63, 3.8) is 0 Å². The van der Waals surface area contributed by atoms with Crippen molar-refractivity contribution in [3.05, 3.63) is 34.1 Å². The van der Waals surface area contributed by atoms with Gasteiger partial charge in [-0.15, -0.1) is 0 Å². The Balaban J connectivity index is 1.69. The maximum atomic E-state index is 13.5. The Hall–Kier alpha value is -0.490. The third kappa shape index (κ3) is 4.31. The van der Waals surface area contributed by atoms with Gasteiger partial charge < -0.3 is 15.4 Å². The second-order valence-corrected chi connectivity index (χ2v) is 5.33. The van der Waals surface area contributed by atoms with Crippen LogP contribution in [-0.4, -0.2) is 38.9 Å². The first-order valence-corrected chi connectivity index (χ1v) is 7.01. The summed E-state index contributed by atoms with van der Waals surface area (Å²) in [7, 11) is 0. The van der Waals surface area contributed by atoms with Crippen molar-refractivity contribution in [2.24, 2.45) is 0 Å². The third-order valence-corrected chi connectivity index (χ3v) is 3.46. The highest BCUT2D eigenvalue weighted by Crippen LogP contribution is 2.15. The molecule has 1 unspecified atom stereocenters. The van der Waals surface area contributed by atoms with E-state index in [9.17, 15) is 4.39 Å². The highest BCUT2D eigenvalue weighted by atomic mass is 79.9. The van der Waals surface area contributed by atoms with Crippen LogP contribution in [0.2, 0.25) is 0 Å². The Bertz CT molecular complexity index is 383. The molecule has 3 nitrogen and oxygen atoms in total. The van der Waals surface area contributed by atoms with Crippen molar-refractivity contribution in [3.8, 4) is 0 Å². The fourth-order valence-electron chi connectivity index (χ4n) is 1.99. The molecule has 1 atom stereocenters. The van der Waals surface area contributed by atoms with E-state index < -0.39 is 0 Å². The molecular weight excluding hydrogens is 299 g/mol. The molecule has 0 aliphatic carbocycles. The standard InChI is InChI=1S/C13H18BrFN2O/c14-11-1-2-13(15)10(7-11)3-4-16-8-12-9-18-6-5-17-12/h1-2,7,12,16-17H,3-6,8-9H2. The zero-order valence-electron chi connectivity index (χ0n) is 10.2. The Kier molecular flexibility index (Phi) is 5.56. The fourth-order valence-corrected chi connectivity index (χ4v) is 2.39. The van der Waals surface area contributed by atoms with Gasteiger partial charge in [-0.2, -0.15) is 0 Å². The smallest absolute Gasteiger partial charge is 0.126 e. The molecule has 1 aliphatic heterocycles. The molecule has 1 fully saturated rings. The van der Waals surface area contributed by atoms with E-state index in [1.807, 2.05) is 6.07 Å². The lowest BCUT2D eigenvalue weighted by molar-refractivity contribution is 0.0768. The minimum absolute atomic E-state index is 0.140. The molecule has 0 radical (unpaired) electrons. The Morgan fingerprint density at radius 1 is 1.50 bits per heavy atom. The third-order valence-electron chi connectivity index (χ3n) is 2.97. The Morgan fingerprint density at radius 3 is 3.17 bits per heavy atom. The van der Waals surface area contributed by atoms with Crippen LogP contribution in [0.3, 0.4) is 0 Å². The summed E-state index contributed by atoms with van der Waals surface area (Å²) in [5, 5.41) is 6.69. The molecule has 1 saturated heterocycles. The largest absolute Gasteiger partial charge is 0.378 e. The molecule has 2 N–H and O–H groups in total. The summed E-state index contributed by atoms with van der Waals surface area (Å²) in [4.78, 5) is 0. The van der Waals surface area contributed by atoms with Gasteiger partial charge in [0.1, 0.15) is 5.82 Å². The molecule has 1 aliphatic rings. The number of ether oxygens (including phenoxy) is 1. The number of hydrogen-bond acceptors (Lipinski definition) is 3. The van der Waals surface area contributed by atoms with Crippen molar-refractivity contribution in [1.82, 2.24) is 10.6 Å². The van der Waals surface area contributed by atoms with Gasteiger partial charge in [0.25, 0.3) is 0 Å². The summed E-state index contributed by atoms with van der Waals surface area (Å²) in [6.07, 6.45) is 0.693. The molecule has 1 aromatic rings. The van der Waals surface area contributed by atoms with Gasteiger partial charge in [-0.25, -0.2) is 4.39 Å². The number of nitrogens with one attached hydrogen (secondary N) is 2. The molecule has 100 valence electrons. The van der Waals surface area contributed by atoms with Crippen LogP contribution in [0.4, 0.5) is 4.39 Å². The number of rotatable bonds is 5. The van der Waals surface area contributed by atoms with Crippen LogP contribution in [0.1, 0.15) is 5.56 Å². The second-order valence-electron chi connectivity index (χ2n) is 4.42. The first-order chi connectivity index (χ1) is 8.75. The van der Waals surface area contributed by atoms with Crippen molar-refractivity contribution in [2.75, 3.05) is 32.8 Å². The summed E-state index contributed by atoms with van der Waals surface area (Å²) < 4.78 is 19.8. The van der Waals surface area contributed by atoms with E-state index >= 15 is 0 Å². The summed E-state index contributed by atoms with van der Waals surface area (Å²) in [6.45, 7) is 4.08. The fraction of sp³-hybridized carbons (Fsp3) is 0.538. The van der Waals surface area contributed by atoms with E-state index in [0.29, 0.717) is 12.5 Å². The zero-order valence-corrected chi connectivity index (χ0v) is 11.8. The van der Waals surface area contributed by atoms with Crippen molar-refractivity contribution in [2.45, 2.75) is 12.5 Å². The molecule has 0 bridgehead atoms. The molecule has 1 aromatic carbocycles. The lowest BCUT2D eigenvalue weighted by Gasteiger charge is -2.24. The average Bonchev–Trinajstić information content (AvgIpc) is 2.40. The van der Waals surface area contributed by atoms with Crippen LogP contribution in [0, 0.1) is 5.82 Å². The van der Waals surface area contributed by atoms with Gasteiger partial charge in [0.05, 0.1) is 13.2 Å². The summed E-state index contributed by atoms with van der Waals surface area (Å²) in [6, 6.07) is 5.41. The first kappa shape index (κ1) is 13.9. The monoisotopic (exact) mass is 316 g/mol. The highest BCUT2D eigenvalue weighted by Gasteiger charge is 2.11. The van der Waals surface area contributed by atoms with Gasteiger partial charge >= 0.3 is 0 Å². The molecule has 2 rings (SSSR count). The van der Waals surface area contributed by atoms with Crippen LogP contribution < -0.4 is 10.6 Å². The molecule has 0 spiro atoms. The maximum absolute atomic E-state index is 13.5. The van der Waals surface area contributed by atoms with Gasteiger partial charge in [-0.1, -0.05) is 15.9 Å². The van der Waals surface area contributed by atoms with Gasteiger partial charge in [0.2, 0.25) is 0 Å². The number of morpholine rings is 1. The van der Waals surface area contributed by atoms with Crippen LogP contribution in [0.15, 0.2) is 22.7 Å². The average molecular weight is 317 g/mol. The summed E-state index contributed by atoms with van der Waals surface area (Å²) >= 11 is 3.35. The molecule has 0 aromatic heterocycles. The topological polar surface area (TPSA) is 33.3 Å². The summed E-state index contributed by atoms with van der Waals surface area (Å²) in [5.41, 5.74) is 0.740. The van der Waals surface area contributed by atoms with E-state index in [1.54, 1.807) is 6.07 Å².